The third-order valence-electron chi connectivity index (χ3n) is 3.39. The van der Waals surface area contributed by atoms with Crippen molar-refractivity contribution in [2.75, 3.05) is 11.9 Å². The van der Waals surface area contributed by atoms with Gasteiger partial charge in [0.15, 0.2) is 4.47 Å². The van der Waals surface area contributed by atoms with Crippen LogP contribution in [0.15, 0.2) is 24.4 Å². The van der Waals surface area contributed by atoms with Crippen LogP contribution < -0.4 is 5.32 Å². The topological polar surface area (TPSA) is 51.2 Å². The van der Waals surface area contributed by atoms with Crippen LogP contribution >= 0.6 is 34.3 Å². The fourth-order valence-corrected chi connectivity index (χ4v) is 4.28. The molecule has 0 fully saturated rings. The summed E-state index contributed by atoms with van der Waals surface area (Å²) in [6, 6.07) is 6.10. The second-order valence-corrected chi connectivity index (χ2v) is 7.67. The zero-order valence-corrected chi connectivity index (χ0v) is 15.1. The Balaban J connectivity index is 1.83. The average molecular weight is 367 g/mol. The van der Waals surface area contributed by atoms with Crippen molar-refractivity contribution in [3.05, 3.63) is 44.2 Å². The van der Waals surface area contributed by atoms with Gasteiger partial charge in [0.05, 0.1) is 13.2 Å². The van der Waals surface area contributed by atoms with E-state index in [-0.39, 0.29) is 5.97 Å². The minimum atomic E-state index is -0.250. The van der Waals surface area contributed by atoms with E-state index < -0.39 is 0 Å². The molecule has 120 valence electrons. The van der Waals surface area contributed by atoms with Crippen molar-refractivity contribution in [2.45, 2.75) is 20.4 Å². The van der Waals surface area contributed by atoms with Gasteiger partial charge in [0.2, 0.25) is 0 Å². The van der Waals surface area contributed by atoms with Gasteiger partial charge in [0, 0.05) is 21.5 Å². The van der Waals surface area contributed by atoms with Crippen molar-refractivity contribution < 1.29 is 9.53 Å². The third kappa shape index (κ3) is 3.49. The van der Waals surface area contributed by atoms with Crippen molar-refractivity contribution in [2.24, 2.45) is 0 Å². The van der Waals surface area contributed by atoms with Crippen LogP contribution in [0.2, 0.25) is 4.47 Å². The lowest BCUT2D eigenvalue weighted by Crippen LogP contribution is -2.03. The van der Waals surface area contributed by atoms with E-state index in [0.717, 1.165) is 26.2 Å². The molecule has 0 saturated carbocycles. The normalized spacial score (nSPS) is 10.9. The summed E-state index contributed by atoms with van der Waals surface area (Å²) in [6.45, 7) is 4.83. The summed E-state index contributed by atoms with van der Waals surface area (Å²) in [6.07, 6.45) is 1.77. The number of hydrogen-bond donors (Lipinski definition) is 1. The molecule has 7 heteroatoms. The first-order valence-electron chi connectivity index (χ1n) is 7.13. The minimum Gasteiger partial charge on any atom is -0.462 e. The van der Waals surface area contributed by atoms with Crippen molar-refractivity contribution in [1.82, 2.24) is 4.98 Å². The number of thiophene rings is 1. The molecule has 0 saturated heterocycles. The number of thiazole rings is 1. The minimum absolute atomic E-state index is 0.250. The summed E-state index contributed by atoms with van der Waals surface area (Å²) in [5.41, 5.74) is 1.96. The zero-order valence-electron chi connectivity index (χ0n) is 12.7. The Hall–Kier alpha value is -1.63. The first-order valence-corrected chi connectivity index (χ1v) is 9.14. The number of halogens is 1. The van der Waals surface area contributed by atoms with Crippen molar-refractivity contribution in [1.29, 1.82) is 0 Å². The van der Waals surface area contributed by atoms with Crippen LogP contribution in [0.5, 0.6) is 0 Å². The maximum atomic E-state index is 12.0. The highest BCUT2D eigenvalue weighted by Gasteiger charge is 2.16. The number of nitrogens with one attached hydrogen (secondary N) is 1. The van der Waals surface area contributed by atoms with E-state index in [1.807, 2.05) is 26.0 Å². The van der Waals surface area contributed by atoms with Gasteiger partial charge in [-0.1, -0.05) is 11.6 Å². The van der Waals surface area contributed by atoms with Crippen molar-refractivity contribution in [3.8, 4) is 0 Å². The number of esters is 1. The maximum absolute atomic E-state index is 12.0. The molecule has 3 rings (SSSR count). The zero-order chi connectivity index (χ0) is 16.4. The number of anilines is 1. The first kappa shape index (κ1) is 16.2. The van der Waals surface area contributed by atoms with Crippen LogP contribution in [0, 0.1) is 6.92 Å². The molecule has 2 aromatic heterocycles. The molecule has 0 atom stereocenters. The van der Waals surface area contributed by atoms with Gasteiger partial charge in [-0.15, -0.1) is 22.7 Å². The Morgan fingerprint density at radius 2 is 2.22 bits per heavy atom. The van der Waals surface area contributed by atoms with E-state index in [1.165, 1.54) is 22.7 Å². The summed E-state index contributed by atoms with van der Waals surface area (Å²) < 4.78 is 6.74. The smallest absolute Gasteiger partial charge is 0.348 e. The number of carbonyl (C=O) groups excluding carboxylic acids is 1. The molecule has 2 heterocycles. The van der Waals surface area contributed by atoms with Crippen LogP contribution in [0.3, 0.4) is 0 Å². The summed E-state index contributed by atoms with van der Waals surface area (Å²) in [7, 11) is 0. The van der Waals surface area contributed by atoms with Gasteiger partial charge in [0.25, 0.3) is 0 Å². The van der Waals surface area contributed by atoms with Crippen molar-refractivity contribution in [3.63, 3.8) is 0 Å². The van der Waals surface area contributed by atoms with Gasteiger partial charge in [-0.25, -0.2) is 9.78 Å². The monoisotopic (exact) mass is 366 g/mol. The largest absolute Gasteiger partial charge is 0.462 e. The number of hydrogen-bond acceptors (Lipinski definition) is 6. The maximum Gasteiger partial charge on any atom is 0.348 e. The number of aryl methyl sites for hydroxylation is 1. The molecule has 4 nitrogen and oxygen atoms in total. The molecule has 0 aliphatic rings. The number of ether oxygens (including phenoxy) is 1. The molecule has 0 unspecified atom stereocenters. The Bertz CT molecular complexity index is 857. The summed E-state index contributed by atoms with van der Waals surface area (Å²) in [5.74, 6) is -0.250. The summed E-state index contributed by atoms with van der Waals surface area (Å²) in [5, 5.41) is 4.43. The number of aromatic nitrogens is 1. The number of carbonyl (C=O) groups is 1. The van der Waals surface area contributed by atoms with Gasteiger partial charge in [-0.05, 0) is 43.0 Å². The lowest BCUT2D eigenvalue weighted by atomic mass is 10.1. The highest BCUT2D eigenvalue weighted by atomic mass is 35.5. The fourth-order valence-electron chi connectivity index (χ4n) is 2.28. The quantitative estimate of drug-likeness (QED) is 0.637. The Morgan fingerprint density at radius 3 is 2.91 bits per heavy atom. The second kappa shape index (κ2) is 6.86. The molecule has 0 spiro atoms. The van der Waals surface area contributed by atoms with Crippen LogP contribution in [0.25, 0.3) is 10.1 Å². The van der Waals surface area contributed by atoms with Gasteiger partial charge in [-0.3, -0.25) is 0 Å². The van der Waals surface area contributed by atoms with E-state index in [9.17, 15) is 4.79 Å². The van der Waals surface area contributed by atoms with Gasteiger partial charge >= 0.3 is 5.97 Å². The summed E-state index contributed by atoms with van der Waals surface area (Å²) >= 11 is 8.77. The Labute approximate surface area is 147 Å². The number of fused-ring (bicyclic) bond motifs is 1. The van der Waals surface area contributed by atoms with Gasteiger partial charge < -0.3 is 10.1 Å². The van der Waals surface area contributed by atoms with Crippen LogP contribution in [-0.2, 0) is 11.3 Å². The van der Waals surface area contributed by atoms with Crippen molar-refractivity contribution >= 4 is 56.0 Å². The fraction of sp³-hybridized carbons (Fsp3) is 0.250. The standard InChI is InChI=1S/C16H15ClN2O2S2/c1-3-21-15(20)14-9(2)12-6-10(4-5-13(12)23-14)18-7-11-8-19-16(17)22-11/h4-6,8,18H,3,7H2,1-2H3. The van der Waals surface area contributed by atoms with E-state index in [2.05, 4.69) is 16.4 Å². The van der Waals surface area contributed by atoms with Crippen LogP contribution in [-0.4, -0.2) is 17.6 Å². The van der Waals surface area contributed by atoms with Crippen LogP contribution in [0.4, 0.5) is 5.69 Å². The lowest BCUT2D eigenvalue weighted by molar-refractivity contribution is 0.0531. The van der Waals surface area contributed by atoms with Gasteiger partial charge in [-0.2, -0.15) is 0 Å². The number of benzene rings is 1. The highest BCUT2D eigenvalue weighted by molar-refractivity contribution is 7.21. The van der Waals surface area contributed by atoms with E-state index in [4.69, 9.17) is 16.3 Å². The van der Waals surface area contributed by atoms with E-state index in [1.54, 1.807) is 6.20 Å². The van der Waals surface area contributed by atoms with Gasteiger partial charge in [0.1, 0.15) is 4.88 Å². The molecule has 0 radical (unpaired) electrons. The first-order chi connectivity index (χ1) is 11.1. The SMILES string of the molecule is CCOC(=O)c1sc2ccc(NCc3cnc(Cl)s3)cc2c1C. The predicted molar refractivity (Wildman–Crippen MR) is 97.0 cm³/mol. The Morgan fingerprint density at radius 1 is 1.39 bits per heavy atom. The molecule has 0 aliphatic carbocycles. The molecule has 0 bridgehead atoms. The van der Waals surface area contributed by atoms with E-state index in [0.29, 0.717) is 22.5 Å². The summed E-state index contributed by atoms with van der Waals surface area (Å²) in [4.78, 5) is 17.8. The van der Waals surface area contributed by atoms with Crippen LogP contribution in [0.1, 0.15) is 27.0 Å². The molecule has 1 aromatic carbocycles. The highest BCUT2D eigenvalue weighted by Crippen LogP contribution is 2.33. The Kier molecular flexibility index (Phi) is 4.84. The van der Waals surface area contributed by atoms with E-state index >= 15 is 0 Å². The molecule has 0 amide bonds. The number of rotatable bonds is 5. The molecule has 23 heavy (non-hydrogen) atoms. The average Bonchev–Trinajstić information content (AvgIpc) is 3.09. The lowest BCUT2D eigenvalue weighted by Gasteiger charge is -2.05. The second-order valence-electron chi connectivity index (χ2n) is 4.92. The predicted octanol–water partition coefficient (Wildman–Crippen LogP) is 5.11. The molecular formula is C16H15ClN2O2S2. The molecule has 3 aromatic rings. The molecular weight excluding hydrogens is 352 g/mol. The third-order valence-corrected chi connectivity index (χ3v) is 5.76. The molecule has 0 aliphatic heterocycles. The number of nitrogens with zero attached hydrogens (tertiary/aromatic N) is 1. The molecule has 1 N–H and O–H groups in total.